The molecule has 0 aromatic carbocycles. The minimum Gasteiger partial charge on any atom is -0.389 e. The molecule has 1 fully saturated rings. The Morgan fingerprint density at radius 1 is 1.21 bits per heavy atom. The van der Waals surface area contributed by atoms with Crippen molar-refractivity contribution in [1.82, 2.24) is 9.80 Å². The van der Waals surface area contributed by atoms with Gasteiger partial charge in [-0.05, 0) is 40.5 Å². The monoisotopic (exact) mass is 274 g/mol. The Labute approximate surface area is 117 Å². The minimum absolute atomic E-state index is 0.0305. The van der Waals surface area contributed by atoms with Gasteiger partial charge in [0.05, 0.1) is 24.4 Å². The summed E-state index contributed by atoms with van der Waals surface area (Å²) in [6.45, 7) is 4.66. The van der Waals surface area contributed by atoms with Crippen molar-refractivity contribution in [1.29, 1.82) is 0 Å². The summed E-state index contributed by atoms with van der Waals surface area (Å²) in [5, 5.41) is 20.7. The van der Waals surface area contributed by atoms with E-state index >= 15 is 0 Å². The first-order chi connectivity index (χ1) is 8.73. The van der Waals surface area contributed by atoms with Crippen LogP contribution in [-0.2, 0) is 4.74 Å². The highest BCUT2D eigenvalue weighted by Crippen LogP contribution is 2.29. The highest BCUT2D eigenvalue weighted by atomic mass is 16.5. The third kappa shape index (κ3) is 4.39. The average Bonchev–Trinajstić information content (AvgIpc) is 2.27. The molecule has 0 saturated carbocycles. The highest BCUT2D eigenvalue weighted by Gasteiger charge is 2.42. The van der Waals surface area contributed by atoms with Crippen molar-refractivity contribution in [2.75, 3.05) is 34.7 Å². The van der Waals surface area contributed by atoms with Crippen LogP contribution < -0.4 is 0 Å². The number of hydrogen-bond donors (Lipinski definition) is 2. The molecule has 4 unspecified atom stereocenters. The molecule has 1 rings (SSSR count). The topological polar surface area (TPSA) is 56.2 Å². The smallest absolute Gasteiger partial charge is 0.0959 e. The highest BCUT2D eigenvalue weighted by molar-refractivity contribution is 4.93. The first kappa shape index (κ1) is 16.9. The zero-order valence-corrected chi connectivity index (χ0v) is 13.1. The molecule has 19 heavy (non-hydrogen) atoms. The first-order valence-electron chi connectivity index (χ1n) is 7.06. The van der Waals surface area contributed by atoms with Crippen molar-refractivity contribution in [3.05, 3.63) is 0 Å². The molecule has 5 nitrogen and oxygen atoms in total. The van der Waals surface area contributed by atoms with E-state index < -0.39 is 12.2 Å². The molecule has 1 heterocycles. The number of likely N-dealkylation sites (N-methyl/N-ethyl adjacent to an activating group) is 2. The van der Waals surface area contributed by atoms with Crippen LogP contribution in [0.3, 0.4) is 0 Å². The van der Waals surface area contributed by atoms with E-state index in [-0.39, 0.29) is 24.2 Å². The normalized spacial score (nSPS) is 34.3. The van der Waals surface area contributed by atoms with Crippen molar-refractivity contribution < 1.29 is 14.9 Å². The summed E-state index contributed by atoms with van der Waals surface area (Å²) in [5.74, 6) is 0.229. The number of aliphatic hydroxyl groups excluding tert-OH is 2. The molecule has 0 radical (unpaired) electrons. The SMILES string of the molecule is CC(C)[C@@H]1OC(C(O)CN(C)C)CC(N(C)C)C1O. The fraction of sp³-hybridized carbons (Fsp3) is 1.00. The van der Waals surface area contributed by atoms with E-state index in [1.54, 1.807) is 0 Å². The summed E-state index contributed by atoms with van der Waals surface area (Å²) in [6, 6.07) is 0.0305. The molecular weight excluding hydrogens is 244 g/mol. The van der Waals surface area contributed by atoms with Crippen molar-refractivity contribution in [3.63, 3.8) is 0 Å². The molecule has 0 aromatic heterocycles. The van der Waals surface area contributed by atoms with Gasteiger partial charge in [0.15, 0.2) is 0 Å². The zero-order valence-electron chi connectivity index (χ0n) is 13.1. The summed E-state index contributed by atoms with van der Waals surface area (Å²) < 4.78 is 5.95. The lowest BCUT2D eigenvalue weighted by atomic mass is 9.87. The van der Waals surface area contributed by atoms with Crippen LogP contribution in [-0.4, -0.2) is 85.2 Å². The van der Waals surface area contributed by atoms with Crippen molar-refractivity contribution in [2.45, 2.75) is 50.7 Å². The van der Waals surface area contributed by atoms with Crippen molar-refractivity contribution in [3.8, 4) is 0 Å². The number of nitrogens with zero attached hydrogens (tertiary/aromatic N) is 2. The predicted molar refractivity (Wildman–Crippen MR) is 76.2 cm³/mol. The summed E-state index contributed by atoms with van der Waals surface area (Å²) in [4.78, 5) is 3.98. The fourth-order valence-corrected chi connectivity index (χ4v) is 2.74. The molecule has 1 aliphatic heterocycles. The van der Waals surface area contributed by atoms with Gasteiger partial charge in [0.2, 0.25) is 0 Å². The third-order valence-electron chi connectivity index (χ3n) is 3.84. The molecule has 0 aromatic rings. The molecule has 0 bridgehead atoms. The van der Waals surface area contributed by atoms with Crippen LogP contribution >= 0.6 is 0 Å². The van der Waals surface area contributed by atoms with Crippen LogP contribution in [0.15, 0.2) is 0 Å². The maximum Gasteiger partial charge on any atom is 0.0959 e. The largest absolute Gasteiger partial charge is 0.389 e. The van der Waals surface area contributed by atoms with Gasteiger partial charge < -0.3 is 24.7 Å². The second-order valence-electron chi connectivity index (χ2n) is 6.47. The van der Waals surface area contributed by atoms with E-state index in [0.717, 1.165) is 0 Å². The lowest BCUT2D eigenvalue weighted by Crippen LogP contribution is -2.58. The van der Waals surface area contributed by atoms with Crippen LogP contribution in [0.1, 0.15) is 20.3 Å². The predicted octanol–water partition coefficient (Wildman–Crippen LogP) is 0.0135. The first-order valence-corrected chi connectivity index (χ1v) is 7.06. The molecule has 5 heteroatoms. The van der Waals surface area contributed by atoms with Gasteiger partial charge in [0, 0.05) is 12.6 Å². The van der Waals surface area contributed by atoms with E-state index in [0.29, 0.717) is 13.0 Å². The summed E-state index contributed by atoms with van der Waals surface area (Å²) >= 11 is 0. The second-order valence-corrected chi connectivity index (χ2v) is 6.47. The average molecular weight is 274 g/mol. The lowest BCUT2D eigenvalue weighted by molar-refractivity contribution is -0.189. The molecule has 114 valence electrons. The fourth-order valence-electron chi connectivity index (χ4n) is 2.74. The molecule has 1 aliphatic rings. The van der Waals surface area contributed by atoms with E-state index in [1.807, 2.05) is 51.8 Å². The van der Waals surface area contributed by atoms with E-state index in [1.165, 1.54) is 0 Å². The van der Waals surface area contributed by atoms with Gasteiger partial charge in [0.1, 0.15) is 0 Å². The number of aliphatic hydroxyl groups is 2. The third-order valence-corrected chi connectivity index (χ3v) is 3.84. The van der Waals surface area contributed by atoms with E-state index in [9.17, 15) is 10.2 Å². The van der Waals surface area contributed by atoms with Gasteiger partial charge in [-0.3, -0.25) is 0 Å². The number of rotatable bonds is 5. The Morgan fingerprint density at radius 2 is 1.79 bits per heavy atom. The quantitative estimate of drug-likeness (QED) is 0.740. The van der Waals surface area contributed by atoms with Gasteiger partial charge in [0.25, 0.3) is 0 Å². The summed E-state index contributed by atoms with van der Waals surface area (Å²) in [5.41, 5.74) is 0. The van der Waals surface area contributed by atoms with Gasteiger partial charge in [-0.25, -0.2) is 0 Å². The molecule has 1 saturated heterocycles. The number of ether oxygens (including phenoxy) is 1. The Kier molecular flexibility index (Phi) is 6.20. The van der Waals surface area contributed by atoms with Crippen LogP contribution in [0, 0.1) is 5.92 Å². The Morgan fingerprint density at radius 3 is 2.21 bits per heavy atom. The standard InChI is InChI=1S/C14H30N2O3/c1-9(2)14-13(18)10(16(5)6)7-12(19-14)11(17)8-15(3)4/h9-14,17-18H,7-8H2,1-6H3/t10?,11?,12?,13?,14-/m0/s1. The second kappa shape index (κ2) is 6.99. The van der Waals surface area contributed by atoms with Crippen molar-refractivity contribution in [2.24, 2.45) is 5.92 Å². The van der Waals surface area contributed by atoms with Crippen LogP contribution in [0.5, 0.6) is 0 Å². The molecule has 2 N–H and O–H groups in total. The van der Waals surface area contributed by atoms with Crippen molar-refractivity contribution >= 4 is 0 Å². The summed E-state index contributed by atoms with van der Waals surface area (Å²) in [6.07, 6.45) is -0.801. The van der Waals surface area contributed by atoms with Crippen LogP contribution in [0.25, 0.3) is 0 Å². The zero-order chi connectivity index (χ0) is 14.7. The van der Waals surface area contributed by atoms with Gasteiger partial charge in [-0.2, -0.15) is 0 Å². The van der Waals surface area contributed by atoms with Gasteiger partial charge in [-0.15, -0.1) is 0 Å². The van der Waals surface area contributed by atoms with E-state index in [2.05, 4.69) is 0 Å². The summed E-state index contributed by atoms with van der Waals surface area (Å²) in [7, 11) is 7.80. The lowest BCUT2D eigenvalue weighted by Gasteiger charge is -2.45. The van der Waals surface area contributed by atoms with Crippen LogP contribution in [0.2, 0.25) is 0 Å². The molecule has 5 atom stereocenters. The minimum atomic E-state index is -0.522. The van der Waals surface area contributed by atoms with Gasteiger partial charge in [-0.1, -0.05) is 13.8 Å². The number of hydrogen-bond acceptors (Lipinski definition) is 5. The Balaban J connectivity index is 2.78. The Hall–Kier alpha value is -0.200. The molecular formula is C14H30N2O3. The molecule has 0 spiro atoms. The van der Waals surface area contributed by atoms with E-state index in [4.69, 9.17) is 4.74 Å². The maximum absolute atomic E-state index is 10.4. The molecule has 0 aliphatic carbocycles. The maximum atomic E-state index is 10.4. The Bertz CT molecular complexity index is 253. The van der Waals surface area contributed by atoms with Gasteiger partial charge >= 0.3 is 0 Å². The van der Waals surface area contributed by atoms with Crippen LogP contribution in [0.4, 0.5) is 0 Å². The molecule has 0 amide bonds.